The lowest BCUT2D eigenvalue weighted by Crippen LogP contribution is -1.53. The predicted molar refractivity (Wildman–Crippen MR) is 40.7 cm³/mol. The SMILES string of the molecule is c1ccccc1.c1nnco1. The summed E-state index contributed by atoms with van der Waals surface area (Å²) in [6.45, 7) is 0. The fraction of sp³-hybridized carbons (Fsp3) is 0. The van der Waals surface area contributed by atoms with Crippen LogP contribution in [-0.4, -0.2) is 10.2 Å². The Kier molecular flexibility index (Phi) is 3.51. The first-order chi connectivity index (χ1) is 5.50. The van der Waals surface area contributed by atoms with Crippen LogP contribution in [0.5, 0.6) is 0 Å². The molecule has 0 fully saturated rings. The van der Waals surface area contributed by atoms with Crippen molar-refractivity contribution in [3.63, 3.8) is 0 Å². The molecule has 0 spiro atoms. The van der Waals surface area contributed by atoms with Crippen molar-refractivity contribution in [1.29, 1.82) is 0 Å². The minimum absolute atomic E-state index is 1.26. The van der Waals surface area contributed by atoms with Crippen LogP contribution in [0.15, 0.2) is 53.6 Å². The zero-order chi connectivity index (χ0) is 7.78. The monoisotopic (exact) mass is 148 g/mol. The second-order valence-electron chi connectivity index (χ2n) is 1.73. The molecule has 0 saturated heterocycles. The summed E-state index contributed by atoms with van der Waals surface area (Å²) < 4.78 is 4.36. The Hall–Kier alpha value is -1.64. The molecular weight excluding hydrogens is 140 g/mol. The van der Waals surface area contributed by atoms with E-state index in [4.69, 9.17) is 0 Å². The quantitative estimate of drug-likeness (QED) is 0.571. The zero-order valence-corrected chi connectivity index (χ0v) is 5.92. The smallest absolute Gasteiger partial charge is 0.203 e. The Morgan fingerprint density at radius 2 is 1.00 bits per heavy atom. The van der Waals surface area contributed by atoms with E-state index in [0.29, 0.717) is 0 Å². The Labute approximate surface area is 64.7 Å². The van der Waals surface area contributed by atoms with Gasteiger partial charge in [0.2, 0.25) is 12.8 Å². The summed E-state index contributed by atoms with van der Waals surface area (Å²) >= 11 is 0. The molecule has 11 heavy (non-hydrogen) atoms. The summed E-state index contributed by atoms with van der Waals surface area (Å²) in [4.78, 5) is 0. The Morgan fingerprint density at radius 1 is 0.636 bits per heavy atom. The van der Waals surface area contributed by atoms with E-state index in [1.54, 1.807) is 0 Å². The van der Waals surface area contributed by atoms with E-state index in [1.165, 1.54) is 12.8 Å². The normalized spacial score (nSPS) is 8.00. The summed E-state index contributed by atoms with van der Waals surface area (Å²) in [5.74, 6) is 0. The van der Waals surface area contributed by atoms with Gasteiger partial charge >= 0.3 is 0 Å². The highest BCUT2D eigenvalue weighted by atomic mass is 16.3. The summed E-state index contributed by atoms with van der Waals surface area (Å²) in [5, 5.41) is 6.61. The van der Waals surface area contributed by atoms with Gasteiger partial charge in [0.05, 0.1) is 0 Å². The van der Waals surface area contributed by atoms with Crippen LogP contribution in [-0.2, 0) is 0 Å². The fourth-order valence-electron chi connectivity index (χ4n) is 0.521. The van der Waals surface area contributed by atoms with Crippen molar-refractivity contribution in [3.05, 3.63) is 49.2 Å². The molecule has 0 aliphatic heterocycles. The molecule has 0 unspecified atom stereocenters. The molecule has 1 heterocycles. The van der Waals surface area contributed by atoms with Gasteiger partial charge in [-0.3, -0.25) is 0 Å². The first kappa shape index (κ1) is 7.47. The van der Waals surface area contributed by atoms with E-state index in [1.807, 2.05) is 36.4 Å². The van der Waals surface area contributed by atoms with Gasteiger partial charge in [-0.15, -0.1) is 10.2 Å². The Bertz CT molecular complexity index is 198. The number of aromatic nitrogens is 2. The summed E-state index contributed by atoms with van der Waals surface area (Å²) in [6, 6.07) is 12.0. The maximum absolute atomic E-state index is 4.36. The van der Waals surface area contributed by atoms with Gasteiger partial charge in [-0.2, -0.15) is 0 Å². The van der Waals surface area contributed by atoms with Gasteiger partial charge in [-0.25, -0.2) is 0 Å². The second-order valence-corrected chi connectivity index (χ2v) is 1.73. The van der Waals surface area contributed by atoms with Crippen molar-refractivity contribution in [3.8, 4) is 0 Å². The summed E-state index contributed by atoms with van der Waals surface area (Å²) in [7, 11) is 0. The van der Waals surface area contributed by atoms with Crippen LogP contribution in [0.3, 0.4) is 0 Å². The van der Waals surface area contributed by atoms with E-state index in [0.717, 1.165) is 0 Å². The molecule has 1 aromatic carbocycles. The van der Waals surface area contributed by atoms with E-state index in [9.17, 15) is 0 Å². The molecule has 0 amide bonds. The van der Waals surface area contributed by atoms with E-state index < -0.39 is 0 Å². The molecule has 3 nitrogen and oxygen atoms in total. The van der Waals surface area contributed by atoms with Crippen molar-refractivity contribution in [2.45, 2.75) is 0 Å². The lowest BCUT2D eigenvalue weighted by atomic mass is 10.4. The Balaban J connectivity index is 0.000000112. The van der Waals surface area contributed by atoms with Crippen LogP contribution in [0.25, 0.3) is 0 Å². The number of benzene rings is 1. The Morgan fingerprint density at radius 3 is 1.18 bits per heavy atom. The molecule has 2 aromatic rings. The topological polar surface area (TPSA) is 38.9 Å². The van der Waals surface area contributed by atoms with Crippen LogP contribution in [0.4, 0.5) is 0 Å². The highest BCUT2D eigenvalue weighted by Crippen LogP contribution is 1.79. The first-order valence-corrected chi connectivity index (χ1v) is 3.19. The van der Waals surface area contributed by atoms with Crippen LogP contribution in [0, 0.1) is 0 Å². The average molecular weight is 148 g/mol. The molecule has 0 aliphatic carbocycles. The third-order valence-corrected chi connectivity index (χ3v) is 0.949. The molecular formula is C8H8N2O. The molecule has 3 heteroatoms. The number of hydrogen-bond acceptors (Lipinski definition) is 3. The first-order valence-electron chi connectivity index (χ1n) is 3.19. The molecule has 2 rings (SSSR count). The standard InChI is InChI=1S/C6H6.C2H2N2O/c1-2-4-6-5-3-1;1-3-4-2-5-1/h1-6H;1-2H. The highest BCUT2D eigenvalue weighted by Gasteiger charge is 1.60. The molecule has 1 aromatic heterocycles. The van der Waals surface area contributed by atoms with Crippen LogP contribution in [0.2, 0.25) is 0 Å². The molecule has 0 radical (unpaired) electrons. The third kappa shape index (κ3) is 3.86. The van der Waals surface area contributed by atoms with Crippen molar-refractivity contribution >= 4 is 0 Å². The van der Waals surface area contributed by atoms with Crippen LogP contribution < -0.4 is 0 Å². The number of nitrogens with zero attached hydrogens (tertiary/aromatic N) is 2. The highest BCUT2D eigenvalue weighted by molar-refractivity contribution is 4.99. The van der Waals surface area contributed by atoms with Crippen molar-refractivity contribution in [1.82, 2.24) is 10.2 Å². The van der Waals surface area contributed by atoms with Gasteiger partial charge in [0.25, 0.3) is 0 Å². The number of rotatable bonds is 0. The van der Waals surface area contributed by atoms with E-state index in [-0.39, 0.29) is 0 Å². The van der Waals surface area contributed by atoms with Gasteiger partial charge in [0.1, 0.15) is 0 Å². The van der Waals surface area contributed by atoms with Gasteiger partial charge in [-0.05, 0) is 0 Å². The van der Waals surface area contributed by atoms with Crippen molar-refractivity contribution < 1.29 is 4.42 Å². The molecule has 0 saturated carbocycles. The summed E-state index contributed by atoms with van der Waals surface area (Å²) in [5.41, 5.74) is 0. The van der Waals surface area contributed by atoms with E-state index >= 15 is 0 Å². The third-order valence-electron chi connectivity index (χ3n) is 0.949. The van der Waals surface area contributed by atoms with Crippen molar-refractivity contribution in [2.24, 2.45) is 0 Å². The average Bonchev–Trinajstić information content (AvgIpc) is 2.64. The summed E-state index contributed by atoms with van der Waals surface area (Å²) in [6.07, 6.45) is 2.53. The molecule has 0 atom stereocenters. The lowest BCUT2D eigenvalue weighted by molar-refractivity contribution is 0.553. The predicted octanol–water partition coefficient (Wildman–Crippen LogP) is 1.76. The minimum atomic E-state index is 1.26. The van der Waals surface area contributed by atoms with Crippen LogP contribution in [0.1, 0.15) is 0 Å². The zero-order valence-electron chi connectivity index (χ0n) is 5.92. The second kappa shape index (κ2) is 5.17. The van der Waals surface area contributed by atoms with Crippen molar-refractivity contribution in [2.75, 3.05) is 0 Å². The maximum Gasteiger partial charge on any atom is 0.203 e. The van der Waals surface area contributed by atoms with Gasteiger partial charge in [0, 0.05) is 0 Å². The lowest BCUT2D eigenvalue weighted by Gasteiger charge is -1.69. The number of hydrogen-bond donors (Lipinski definition) is 0. The van der Waals surface area contributed by atoms with Crippen LogP contribution >= 0.6 is 0 Å². The minimum Gasteiger partial charge on any atom is -0.431 e. The fourth-order valence-corrected chi connectivity index (χ4v) is 0.521. The largest absolute Gasteiger partial charge is 0.431 e. The molecule has 0 bridgehead atoms. The van der Waals surface area contributed by atoms with Gasteiger partial charge in [0.15, 0.2) is 0 Å². The van der Waals surface area contributed by atoms with Gasteiger partial charge in [-0.1, -0.05) is 36.4 Å². The van der Waals surface area contributed by atoms with E-state index in [2.05, 4.69) is 14.6 Å². The molecule has 56 valence electrons. The molecule has 0 aliphatic rings. The molecule has 0 N–H and O–H groups in total. The van der Waals surface area contributed by atoms with Gasteiger partial charge < -0.3 is 4.42 Å². The maximum atomic E-state index is 4.36.